The highest BCUT2D eigenvalue weighted by Gasteiger charge is 2.29. The van der Waals surface area contributed by atoms with Crippen LogP contribution in [-0.4, -0.2) is 36.1 Å². The van der Waals surface area contributed by atoms with E-state index in [0.29, 0.717) is 19.7 Å². The van der Waals surface area contributed by atoms with E-state index in [9.17, 15) is 4.79 Å². The Balaban J connectivity index is 1.49. The van der Waals surface area contributed by atoms with Crippen LogP contribution in [0.2, 0.25) is 0 Å². The molecule has 3 aromatic rings. The molecule has 4 rings (SSSR count). The van der Waals surface area contributed by atoms with Gasteiger partial charge in [-0.2, -0.15) is 0 Å². The number of hydrogen-bond donors (Lipinski definition) is 1. The molecule has 5 nitrogen and oxygen atoms in total. The topological polar surface area (TPSA) is 54.6 Å². The van der Waals surface area contributed by atoms with Crippen molar-refractivity contribution in [3.8, 4) is 11.5 Å². The molecule has 1 heterocycles. The fraction of sp³-hybridized carbons (Fsp3) is 0.400. The smallest absolute Gasteiger partial charge is 0.225 e. The van der Waals surface area contributed by atoms with Crippen molar-refractivity contribution in [3.63, 3.8) is 0 Å². The number of ether oxygens (including phenoxy) is 2. The van der Waals surface area contributed by atoms with Crippen LogP contribution in [0, 0.1) is 5.92 Å². The lowest BCUT2D eigenvalue weighted by Crippen LogP contribution is -2.39. The van der Waals surface area contributed by atoms with Gasteiger partial charge >= 0.3 is 0 Å². The van der Waals surface area contributed by atoms with Gasteiger partial charge in [-0.1, -0.05) is 18.6 Å². The van der Waals surface area contributed by atoms with Crippen molar-refractivity contribution in [3.05, 3.63) is 59.8 Å². The average Bonchev–Trinajstić information content (AvgIpc) is 3.13. The molecule has 1 aliphatic carbocycles. The molecule has 2 aromatic carbocycles. The first kappa shape index (κ1) is 20.3. The molecular formula is C25H30N2O3. The first-order chi connectivity index (χ1) is 14.7. The summed E-state index contributed by atoms with van der Waals surface area (Å²) in [5.74, 6) is 2.19. The number of fused-ring (bicyclic) bond motifs is 1. The van der Waals surface area contributed by atoms with Crippen LogP contribution in [0.3, 0.4) is 0 Å². The van der Waals surface area contributed by atoms with E-state index in [1.54, 1.807) is 7.11 Å². The van der Waals surface area contributed by atoms with Crippen LogP contribution >= 0.6 is 0 Å². The van der Waals surface area contributed by atoms with Gasteiger partial charge in [0.1, 0.15) is 11.5 Å². The minimum Gasteiger partial charge on any atom is -0.497 e. The molecule has 1 aromatic heterocycles. The lowest BCUT2D eigenvalue weighted by Gasteiger charge is -2.32. The highest BCUT2D eigenvalue weighted by Crippen LogP contribution is 2.30. The van der Waals surface area contributed by atoms with Crippen LogP contribution in [0.1, 0.15) is 37.3 Å². The molecule has 1 amide bonds. The number of methoxy groups -OCH3 is 1. The number of nitrogens with one attached hydrogen (secondary N) is 1. The van der Waals surface area contributed by atoms with Gasteiger partial charge in [-0.25, -0.2) is 0 Å². The molecule has 0 saturated heterocycles. The SMILES string of the molecule is CCOc1ccc(CN(CCc2c[nH]c3ccc(OC)cc23)C(=O)C2CCC2)cc1. The van der Waals surface area contributed by atoms with Gasteiger partial charge in [-0.15, -0.1) is 0 Å². The van der Waals surface area contributed by atoms with Gasteiger partial charge in [0, 0.05) is 36.1 Å². The van der Waals surface area contributed by atoms with Crippen molar-refractivity contribution in [2.24, 2.45) is 5.92 Å². The van der Waals surface area contributed by atoms with Crippen molar-refractivity contribution >= 4 is 16.8 Å². The molecule has 1 aliphatic rings. The lowest BCUT2D eigenvalue weighted by atomic mass is 9.84. The summed E-state index contributed by atoms with van der Waals surface area (Å²) in [5.41, 5.74) is 3.43. The predicted octanol–water partition coefficient (Wildman–Crippen LogP) is 4.95. The zero-order chi connectivity index (χ0) is 20.9. The van der Waals surface area contributed by atoms with Crippen molar-refractivity contribution in [2.75, 3.05) is 20.3 Å². The summed E-state index contributed by atoms with van der Waals surface area (Å²) in [4.78, 5) is 18.5. The number of carbonyl (C=O) groups is 1. The zero-order valence-electron chi connectivity index (χ0n) is 17.8. The number of aromatic nitrogens is 1. The maximum atomic E-state index is 13.1. The van der Waals surface area contributed by atoms with Crippen LogP contribution in [0.4, 0.5) is 0 Å². The zero-order valence-corrected chi connectivity index (χ0v) is 17.8. The quantitative estimate of drug-likeness (QED) is 0.547. The molecule has 0 unspecified atom stereocenters. The number of benzene rings is 2. The molecule has 1 N–H and O–H groups in total. The summed E-state index contributed by atoms with van der Waals surface area (Å²) in [6.45, 7) is 3.97. The average molecular weight is 407 g/mol. The Morgan fingerprint density at radius 2 is 1.90 bits per heavy atom. The number of aromatic amines is 1. The maximum absolute atomic E-state index is 13.1. The Morgan fingerprint density at radius 1 is 1.13 bits per heavy atom. The summed E-state index contributed by atoms with van der Waals surface area (Å²) in [6, 6.07) is 14.1. The van der Waals surface area contributed by atoms with E-state index in [1.807, 2.05) is 42.3 Å². The second kappa shape index (κ2) is 9.24. The first-order valence-corrected chi connectivity index (χ1v) is 10.8. The number of nitrogens with zero attached hydrogens (tertiary/aromatic N) is 1. The molecule has 30 heavy (non-hydrogen) atoms. The van der Waals surface area contributed by atoms with E-state index >= 15 is 0 Å². The molecule has 0 bridgehead atoms. The summed E-state index contributed by atoms with van der Waals surface area (Å²) in [7, 11) is 1.68. The minimum absolute atomic E-state index is 0.191. The minimum atomic E-state index is 0.191. The van der Waals surface area contributed by atoms with E-state index in [2.05, 4.69) is 23.2 Å². The largest absolute Gasteiger partial charge is 0.497 e. The number of hydrogen-bond acceptors (Lipinski definition) is 3. The van der Waals surface area contributed by atoms with E-state index < -0.39 is 0 Å². The summed E-state index contributed by atoms with van der Waals surface area (Å²) in [6.07, 6.45) is 6.05. The Bertz CT molecular complexity index is 989. The molecule has 1 saturated carbocycles. The summed E-state index contributed by atoms with van der Waals surface area (Å²) < 4.78 is 10.9. The van der Waals surface area contributed by atoms with E-state index in [4.69, 9.17) is 9.47 Å². The standard InChI is InChI=1S/C25H30N2O3/c1-3-30-21-9-7-18(8-10-21)17-27(25(28)19-5-4-6-19)14-13-20-16-26-24-12-11-22(29-2)15-23(20)24/h7-12,15-16,19,26H,3-6,13-14,17H2,1-2H3. The molecule has 0 atom stereocenters. The highest BCUT2D eigenvalue weighted by molar-refractivity contribution is 5.85. The third-order valence-electron chi connectivity index (χ3n) is 6.00. The van der Waals surface area contributed by atoms with Crippen LogP contribution < -0.4 is 9.47 Å². The molecule has 0 aliphatic heterocycles. The van der Waals surface area contributed by atoms with Crippen LogP contribution in [-0.2, 0) is 17.8 Å². The lowest BCUT2D eigenvalue weighted by molar-refractivity contribution is -0.138. The fourth-order valence-corrected chi connectivity index (χ4v) is 4.01. The third kappa shape index (κ3) is 4.45. The van der Waals surface area contributed by atoms with Crippen molar-refractivity contribution < 1.29 is 14.3 Å². The van der Waals surface area contributed by atoms with Gasteiger partial charge in [0.2, 0.25) is 5.91 Å². The third-order valence-corrected chi connectivity index (χ3v) is 6.00. The molecular weight excluding hydrogens is 376 g/mol. The van der Waals surface area contributed by atoms with E-state index in [1.165, 1.54) is 5.56 Å². The maximum Gasteiger partial charge on any atom is 0.225 e. The van der Waals surface area contributed by atoms with Gasteiger partial charge in [-0.05, 0) is 67.6 Å². The van der Waals surface area contributed by atoms with Crippen LogP contribution in [0.5, 0.6) is 11.5 Å². The number of H-pyrrole nitrogens is 1. The number of rotatable bonds is 9. The summed E-state index contributed by atoms with van der Waals surface area (Å²) in [5, 5.41) is 1.16. The molecule has 158 valence electrons. The van der Waals surface area contributed by atoms with Crippen LogP contribution in [0.25, 0.3) is 10.9 Å². The monoisotopic (exact) mass is 406 g/mol. The fourth-order valence-electron chi connectivity index (χ4n) is 4.01. The van der Waals surface area contributed by atoms with Gasteiger partial charge in [0.25, 0.3) is 0 Å². The second-order valence-electron chi connectivity index (χ2n) is 7.94. The Morgan fingerprint density at radius 3 is 2.57 bits per heavy atom. The Kier molecular flexibility index (Phi) is 6.26. The van der Waals surface area contributed by atoms with Crippen molar-refractivity contribution in [1.82, 2.24) is 9.88 Å². The van der Waals surface area contributed by atoms with Gasteiger partial charge in [0.15, 0.2) is 0 Å². The van der Waals surface area contributed by atoms with Gasteiger partial charge in [-0.3, -0.25) is 4.79 Å². The van der Waals surface area contributed by atoms with E-state index in [-0.39, 0.29) is 11.8 Å². The normalized spacial score (nSPS) is 13.8. The van der Waals surface area contributed by atoms with Gasteiger partial charge in [0.05, 0.1) is 13.7 Å². The Hall–Kier alpha value is -2.95. The number of amides is 1. The van der Waals surface area contributed by atoms with Crippen molar-refractivity contribution in [1.29, 1.82) is 0 Å². The predicted molar refractivity (Wildman–Crippen MR) is 119 cm³/mol. The summed E-state index contributed by atoms with van der Waals surface area (Å²) >= 11 is 0. The van der Waals surface area contributed by atoms with E-state index in [0.717, 1.165) is 53.6 Å². The Labute approximate surface area is 178 Å². The second-order valence-corrected chi connectivity index (χ2v) is 7.94. The molecule has 0 radical (unpaired) electrons. The number of carbonyl (C=O) groups excluding carboxylic acids is 1. The highest BCUT2D eigenvalue weighted by atomic mass is 16.5. The molecule has 0 spiro atoms. The van der Waals surface area contributed by atoms with Crippen molar-refractivity contribution in [2.45, 2.75) is 39.2 Å². The first-order valence-electron chi connectivity index (χ1n) is 10.8. The molecule has 5 heteroatoms. The van der Waals surface area contributed by atoms with Crippen LogP contribution in [0.15, 0.2) is 48.7 Å². The molecule has 1 fully saturated rings. The van der Waals surface area contributed by atoms with Gasteiger partial charge < -0.3 is 19.4 Å².